The molecule has 0 aliphatic heterocycles. The molecule has 2 nitrogen and oxygen atoms in total. The third-order valence-electron chi connectivity index (χ3n) is 4.70. The summed E-state index contributed by atoms with van der Waals surface area (Å²) in [6, 6.07) is 18.6. The first-order valence-corrected chi connectivity index (χ1v) is 9.16. The largest absolute Gasteiger partial charge is 0.299 e. The molecule has 25 heavy (non-hydrogen) atoms. The molecular formula is C23H25NO. The highest BCUT2D eigenvalue weighted by molar-refractivity contribution is 5.98. The van der Waals surface area contributed by atoms with Gasteiger partial charge in [0.05, 0.1) is 5.52 Å². The Morgan fingerprint density at radius 3 is 2.44 bits per heavy atom. The van der Waals surface area contributed by atoms with E-state index in [0.29, 0.717) is 18.6 Å². The summed E-state index contributed by atoms with van der Waals surface area (Å²) >= 11 is 0. The van der Waals surface area contributed by atoms with Crippen molar-refractivity contribution in [2.45, 2.75) is 46.0 Å². The Morgan fingerprint density at radius 1 is 0.960 bits per heavy atom. The van der Waals surface area contributed by atoms with Gasteiger partial charge in [0.15, 0.2) is 0 Å². The van der Waals surface area contributed by atoms with Gasteiger partial charge in [0, 0.05) is 23.9 Å². The number of benzene rings is 2. The monoisotopic (exact) mass is 331 g/mol. The molecule has 3 rings (SSSR count). The average Bonchev–Trinajstić information content (AvgIpc) is 2.63. The summed E-state index contributed by atoms with van der Waals surface area (Å²) in [7, 11) is 0. The van der Waals surface area contributed by atoms with E-state index in [2.05, 4.69) is 25.1 Å². The second-order valence-corrected chi connectivity index (χ2v) is 6.61. The minimum Gasteiger partial charge on any atom is -0.299 e. The zero-order chi connectivity index (χ0) is 17.6. The first kappa shape index (κ1) is 17.3. The lowest BCUT2D eigenvalue weighted by molar-refractivity contribution is -0.118. The maximum atomic E-state index is 12.5. The van der Waals surface area contributed by atoms with Gasteiger partial charge < -0.3 is 0 Å². The van der Waals surface area contributed by atoms with Crippen molar-refractivity contribution >= 4 is 16.7 Å². The molecule has 0 aliphatic carbocycles. The minimum absolute atomic E-state index is 0.311. The van der Waals surface area contributed by atoms with Gasteiger partial charge in [0.2, 0.25) is 0 Å². The van der Waals surface area contributed by atoms with Crippen LogP contribution in [0.3, 0.4) is 0 Å². The number of fused-ring (bicyclic) bond motifs is 1. The molecule has 0 N–H and O–H groups in total. The zero-order valence-corrected chi connectivity index (χ0v) is 15.1. The van der Waals surface area contributed by atoms with E-state index in [1.165, 1.54) is 0 Å². The Hall–Kier alpha value is -2.48. The number of ketones is 1. The van der Waals surface area contributed by atoms with E-state index in [-0.39, 0.29) is 0 Å². The summed E-state index contributed by atoms with van der Waals surface area (Å²) in [5, 5.41) is 1.12. The predicted octanol–water partition coefficient (Wildman–Crippen LogP) is 5.90. The Kier molecular flexibility index (Phi) is 5.60. The summed E-state index contributed by atoms with van der Waals surface area (Å²) in [4.78, 5) is 17.3. The van der Waals surface area contributed by atoms with E-state index < -0.39 is 0 Å². The molecule has 0 aliphatic rings. The van der Waals surface area contributed by atoms with E-state index in [1.54, 1.807) is 0 Å². The van der Waals surface area contributed by atoms with E-state index in [1.807, 2.05) is 43.3 Å². The van der Waals surface area contributed by atoms with Crippen LogP contribution in [0.5, 0.6) is 0 Å². The van der Waals surface area contributed by atoms with Crippen LogP contribution in [0, 0.1) is 6.92 Å². The molecule has 0 spiro atoms. The number of aryl methyl sites for hydroxylation is 1. The van der Waals surface area contributed by atoms with Crippen LogP contribution < -0.4 is 0 Å². The highest BCUT2D eigenvalue weighted by Crippen LogP contribution is 2.33. The summed E-state index contributed by atoms with van der Waals surface area (Å²) in [6.07, 6.45) is 4.37. The molecule has 0 unspecified atom stereocenters. The number of rotatable bonds is 7. The Balaban J connectivity index is 2.07. The maximum absolute atomic E-state index is 12.5. The smallest absolute Gasteiger partial charge is 0.137 e. The molecule has 1 aromatic heterocycles. The lowest BCUT2D eigenvalue weighted by Gasteiger charge is -2.15. The number of Topliss-reactive ketones (excluding diaryl/α,β-unsaturated/α-hetero) is 1. The molecule has 0 fully saturated rings. The van der Waals surface area contributed by atoms with Gasteiger partial charge in [0.1, 0.15) is 5.78 Å². The topological polar surface area (TPSA) is 30.0 Å². The number of carbonyl (C=O) groups excluding carboxylic acids is 1. The second-order valence-electron chi connectivity index (χ2n) is 6.61. The van der Waals surface area contributed by atoms with Gasteiger partial charge in [-0.15, -0.1) is 0 Å². The average molecular weight is 331 g/mol. The number of hydrogen-bond acceptors (Lipinski definition) is 2. The quantitative estimate of drug-likeness (QED) is 0.504. The molecular weight excluding hydrogens is 306 g/mol. The number of nitrogens with zero attached hydrogens (tertiary/aromatic N) is 1. The van der Waals surface area contributed by atoms with Crippen LogP contribution in [0.15, 0.2) is 54.6 Å². The minimum atomic E-state index is 0.311. The summed E-state index contributed by atoms with van der Waals surface area (Å²) in [6.45, 7) is 4.18. The number of pyridine rings is 1. The van der Waals surface area contributed by atoms with Crippen LogP contribution in [0.4, 0.5) is 0 Å². The zero-order valence-electron chi connectivity index (χ0n) is 15.1. The van der Waals surface area contributed by atoms with Crippen molar-refractivity contribution in [1.82, 2.24) is 4.98 Å². The van der Waals surface area contributed by atoms with Gasteiger partial charge >= 0.3 is 0 Å². The van der Waals surface area contributed by atoms with Crippen LogP contribution in [0.25, 0.3) is 22.0 Å². The van der Waals surface area contributed by atoms with E-state index in [0.717, 1.165) is 52.5 Å². The summed E-state index contributed by atoms with van der Waals surface area (Å²) < 4.78 is 0. The molecule has 0 amide bonds. The molecule has 0 atom stereocenters. The molecule has 0 saturated carbocycles. The van der Waals surface area contributed by atoms with Gasteiger partial charge in [0.25, 0.3) is 0 Å². The first-order valence-electron chi connectivity index (χ1n) is 9.16. The fourth-order valence-corrected chi connectivity index (χ4v) is 3.38. The standard InChI is InChI=1S/C23H25NO/c1-3-4-6-13-19(25)16-21-17(2)24-22-15-10-9-14-20(22)23(21)18-11-7-5-8-12-18/h5,7-12,14-15H,3-4,6,13,16H2,1-2H3. The Bertz CT molecular complexity index is 868. The van der Waals surface area contributed by atoms with Crippen molar-refractivity contribution in [1.29, 1.82) is 0 Å². The van der Waals surface area contributed by atoms with Crippen molar-refractivity contribution in [2.24, 2.45) is 0 Å². The third kappa shape index (κ3) is 3.96. The summed E-state index contributed by atoms with van der Waals surface area (Å²) in [5.41, 5.74) is 5.34. The van der Waals surface area contributed by atoms with Gasteiger partial charge in [-0.3, -0.25) is 9.78 Å². The highest BCUT2D eigenvalue weighted by Gasteiger charge is 2.16. The molecule has 1 heterocycles. The molecule has 128 valence electrons. The molecule has 3 aromatic rings. The van der Waals surface area contributed by atoms with Gasteiger partial charge in [-0.25, -0.2) is 0 Å². The number of aromatic nitrogens is 1. The normalized spacial score (nSPS) is 11.0. The predicted molar refractivity (Wildman–Crippen MR) is 105 cm³/mol. The molecule has 0 radical (unpaired) electrons. The van der Waals surface area contributed by atoms with E-state index in [9.17, 15) is 4.79 Å². The Morgan fingerprint density at radius 2 is 1.68 bits per heavy atom. The maximum Gasteiger partial charge on any atom is 0.137 e. The van der Waals surface area contributed by atoms with Crippen molar-refractivity contribution in [3.05, 3.63) is 65.9 Å². The fraction of sp³-hybridized carbons (Fsp3) is 0.304. The number of para-hydroxylation sites is 1. The van der Waals surface area contributed by atoms with Crippen molar-refractivity contribution in [3.8, 4) is 11.1 Å². The molecule has 2 aromatic carbocycles. The van der Waals surface area contributed by atoms with Crippen LogP contribution in [0.1, 0.15) is 43.9 Å². The van der Waals surface area contributed by atoms with E-state index in [4.69, 9.17) is 4.98 Å². The van der Waals surface area contributed by atoms with Gasteiger partial charge in [-0.05, 0) is 36.1 Å². The molecule has 0 bridgehead atoms. The van der Waals surface area contributed by atoms with Crippen molar-refractivity contribution in [2.75, 3.05) is 0 Å². The number of hydrogen-bond donors (Lipinski definition) is 0. The third-order valence-corrected chi connectivity index (χ3v) is 4.70. The SMILES string of the molecule is CCCCCC(=O)Cc1c(C)nc2ccccc2c1-c1ccccc1. The second kappa shape index (κ2) is 8.06. The Labute approximate surface area is 149 Å². The van der Waals surface area contributed by atoms with Crippen LogP contribution in [-0.4, -0.2) is 10.8 Å². The fourth-order valence-electron chi connectivity index (χ4n) is 3.38. The van der Waals surface area contributed by atoms with Crippen molar-refractivity contribution < 1.29 is 4.79 Å². The highest BCUT2D eigenvalue weighted by atomic mass is 16.1. The number of unbranched alkanes of at least 4 members (excludes halogenated alkanes) is 2. The van der Waals surface area contributed by atoms with Crippen LogP contribution >= 0.6 is 0 Å². The van der Waals surface area contributed by atoms with Gasteiger partial charge in [-0.1, -0.05) is 68.3 Å². The first-order chi connectivity index (χ1) is 12.2. The molecule has 0 saturated heterocycles. The van der Waals surface area contributed by atoms with Crippen LogP contribution in [0.2, 0.25) is 0 Å². The van der Waals surface area contributed by atoms with E-state index >= 15 is 0 Å². The van der Waals surface area contributed by atoms with Gasteiger partial charge in [-0.2, -0.15) is 0 Å². The lowest BCUT2D eigenvalue weighted by atomic mass is 9.91. The van der Waals surface area contributed by atoms with Crippen LogP contribution in [-0.2, 0) is 11.2 Å². The summed E-state index contributed by atoms with van der Waals surface area (Å²) in [5.74, 6) is 0.311. The van der Waals surface area contributed by atoms with Crippen molar-refractivity contribution in [3.63, 3.8) is 0 Å². The number of carbonyl (C=O) groups is 1. The lowest BCUT2D eigenvalue weighted by Crippen LogP contribution is -2.07. The molecule has 2 heteroatoms.